The van der Waals surface area contributed by atoms with Crippen LogP contribution in [0.1, 0.15) is 23.6 Å². The summed E-state index contributed by atoms with van der Waals surface area (Å²) in [5.74, 6) is -0.997. The van der Waals surface area contributed by atoms with Crippen molar-refractivity contribution in [2.75, 3.05) is 5.32 Å². The number of aryl methyl sites for hydroxylation is 2. The standard InChI is InChI=1S/C24H25FN2O3S/c1-3-19-11-7-8-17(2)23(19)26-24(28)22(16-18-9-5-4-6-10-18)27-31(29,30)21-14-12-20(25)13-15-21/h4-15,22,27H,3,16H2,1-2H3,(H,26,28)/t22-/m1/s1. The lowest BCUT2D eigenvalue weighted by Gasteiger charge is -2.21. The van der Waals surface area contributed by atoms with E-state index in [0.717, 1.165) is 35.2 Å². The quantitative estimate of drug-likeness (QED) is 0.551. The van der Waals surface area contributed by atoms with Crippen molar-refractivity contribution in [2.24, 2.45) is 0 Å². The van der Waals surface area contributed by atoms with Gasteiger partial charge in [-0.3, -0.25) is 4.79 Å². The first-order valence-electron chi connectivity index (χ1n) is 10.0. The number of anilines is 1. The molecular formula is C24H25FN2O3S. The Labute approximate surface area is 182 Å². The lowest BCUT2D eigenvalue weighted by Crippen LogP contribution is -2.45. The van der Waals surface area contributed by atoms with Gasteiger partial charge in [0.2, 0.25) is 15.9 Å². The molecule has 0 bridgehead atoms. The number of amides is 1. The summed E-state index contributed by atoms with van der Waals surface area (Å²) in [5.41, 5.74) is 3.36. The largest absolute Gasteiger partial charge is 0.324 e. The summed E-state index contributed by atoms with van der Waals surface area (Å²) in [7, 11) is -4.04. The summed E-state index contributed by atoms with van der Waals surface area (Å²) in [5, 5.41) is 2.91. The first-order valence-corrected chi connectivity index (χ1v) is 11.5. The van der Waals surface area contributed by atoms with Crippen LogP contribution in [0.3, 0.4) is 0 Å². The highest BCUT2D eigenvalue weighted by atomic mass is 32.2. The predicted molar refractivity (Wildman–Crippen MR) is 120 cm³/mol. The Morgan fingerprint density at radius 3 is 2.29 bits per heavy atom. The highest BCUT2D eigenvalue weighted by Crippen LogP contribution is 2.22. The number of nitrogens with one attached hydrogen (secondary N) is 2. The molecule has 7 heteroatoms. The van der Waals surface area contributed by atoms with Gasteiger partial charge in [0.15, 0.2) is 0 Å². The number of rotatable bonds is 8. The van der Waals surface area contributed by atoms with Crippen LogP contribution in [-0.2, 0) is 27.7 Å². The van der Waals surface area contributed by atoms with E-state index < -0.39 is 27.8 Å². The van der Waals surface area contributed by atoms with E-state index in [2.05, 4.69) is 10.0 Å². The van der Waals surface area contributed by atoms with Crippen molar-refractivity contribution in [1.29, 1.82) is 0 Å². The molecule has 0 aliphatic heterocycles. The van der Waals surface area contributed by atoms with Crippen LogP contribution in [-0.4, -0.2) is 20.4 Å². The number of hydrogen-bond donors (Lipinski definition) is 2. The maximum atomic E-state index is 13.2. The molecule has 0 aliphatic rings. The van der Waals surface area contributed by atoms with Crippen molar-refractivity contribution in [3.05, 3.63) is 95.3 Å². The third-order valence-electron chi connectivity index (χ3n) is 5.01. The fourth-order valence-electron chi connectivity index (χ4n) is 3.32. The first-order chi connectivity index (χ1) is 14.8. The second-order valence-corrected chi connectivity index (χ2v) is 8.98. The number of sulfonamides is 1. The molecule has 0 aromatic heterocycles. The van der Waals surface area contributed by atoms with Crippen molar-refractivity contribution < 1.29 is 17.6 Å². The van der Waals surface area contributed by atoms with Crippen LogP contribution in [0.5, 0.6) is 0 Å². The second-order valence-electron chi connectivity index (χ2n) is 7.27. The van der Waals surface area contributed by atoms with E-state index in [0.29, 0.717) is 5.69 Å². The molecule has 0 unspecified atom stereocenters. The number of carbonyl (C=O) groups excluding carboxylic acids is 1. The van der Waals surface area contributed by atoms with Gasteiger partial charge in [-0.05, 0) is 60.7 Å². The minimum Gasteiger partial charge on any atom is -0.324 e. The van der Waals surface area contributed by atoms with Gasteiger partial charge in [0, 0.05) is 5.69 Å². The molecule has 3 aromatic carbocycles. The molecule has 0 saturated heterocycles. The highest BCUT2D eigenvalue weighted by Gasteiger charge is 2.27. The van der Waals surface area contributed by atoms with Crippen molar-refractivity contribution in [2.45, 2.75) is 37.6 Å². The van der Waals surface area contributed by atoms with Crippen LogP contribution >= 0.6 is 0 Å². The second kappa shape index (κ2) is 9.85. The van der Waals surface area contributed by atoms with Gasteiger partial charge < -0.3 is 5.32 Å². The molecule has 0 fully saturated rings. The van der Waals surface area contributed by atoms with Crippen LogP contribution in [0.2, 0.25) is 0 Å². The van der Waals surface area contributed by atoms with Gasteiger partial charge in [0.1, 0.15) is 11.9 Å². The van der Waals surface area contributed by atoms with Crippen LogP contribution in [0.4, 0.5) is 10.1 Å². The Kier molecular flexibility index (Phi) is 7.20. The number of carbonyl (C=O) groups is 1. The third kappa shape index (κ3) is 5.77. The molecule has 0 saturated carbocycles. The predicted octanol–water partition coefficient (Wildman–Crippen LogP) is 4.22. The minimum atomic E-state index is -4.04. The fraction of sp³-hybridized carbons (Fsp3) is 0.208. The van der Waals surface area contributed by atoms with E-state index in [1.54, 1.807) is 0 Å². The first kappa shape index (κ1) is 22.7. The van der Waals surface area contributed by atoms with Crippen LogP contribution in [0.15, 0.2) is 77.7 Å². The van der Waals surface area contributed by atoms with Crippen LogP contribution in [0.25, 0.3) is 0 Å². The van der Waals surface area contributed by atoms with Gasteiger partial charge >= 0.3 is 0 Å². The summed E-state index contributed by atoms with van der Waals surface area (Å²) >= 11 is 0. The van der Waals surface area contributed by atoms with Crippen LogP contribution < -0.4 is 10.0 Å². The fourth-order valence-corrected chi connectivity index (χ4v) is 4.51. The molecule has 0 heterocycles. The number of hydrogen-bond acceptors (Lipinski definition) is 3. The van der Waals surface area contributed by atoms with E-state index in [1.807, 2.05) is 62.4 Å². The van der Waals surface area contributed by atoms with E-state index >= 15 is 0 Å². The van der Waals surface area contributed by atoms with Gasteiger partial charge in [-0.2, -0.15) is 4.72 Å². The van der Waals surface area contributed by atoms with E-state index in [9.17, 15) is 17.6 Å². The minimum absolute atomic E-state index is 0.107. The zero-order chi connectivity index (χ0) is 22.4. The number of benzene rings is 3. The molecule has 2 N–H and O–H groups in total. The summed E-state index contributed by atoms with van der Waals surface area (Å²) in [4.78, 5) is 13.1. The third-order valence-corrected chi connectivity index (χ3v) is 6.50. The average molecular weight is 441 g/mol. The van der Waals surface area contributed by atoms with E-state index in [1.165, 1.54) is 12.1 Å². The molecule has 162 valence electrons. The Morgan fingerprint density at radius 1 is 0.968 bits per heavy atom. The zero-order valence-electron chi connectivity index (χ0n) is 17.4. The van der Waals surface area contributed by atoms with Crippen molar-refractivity contribution in [1.82, 2.24) is 4.72 Å². The molecular weight excluding hydrogens is 415 g/mol. The SMILES string of the molecule is CCc1cccc(C)c1NC(=O)[C@@H](Cc1ccccc1)NS(=O)(=O)c1ccc(F)cc1. The van der Waals surface area contributed by atoms with Gasteiger partial charge in [-0.25, -0.2) is 12.8 Å². The van der Waals surface area contributed by atoms with Crippen molar-refractivity contribution >= 4 is 21.6 Å². The summed E-state index contributed by atoms with van der Waals surface area (Å²) in [6.45, 7) is 3.88. The Bertz CT molecular complexity index is 1150. The average Bonchev–Trinajstić information content (AvgIpc) is 2.75. The van der Waals surface area contributed by atoms with E-state index in [4.69, 9.17) is 0 Å². The van der Waals surface area contributed by atoms with Crippen molar-refractivity contribution in [3.8, 4) is 0 Å². The zero-order valence-corrected chi connectivity index (χ0v) is 18.2. The van der Waals surface area contributed by atoms with Gasteiger partial charge in [0.25, 0.3) is 0 Å². The maximum absolute atomic E-state index is 13.2. The molecule has 3 rings (SSSR count). The van der Waals surface area contributed by atoms with Crippen LogP contribution in [0, 0.1) is 12.7 Å². The summed E-state index contributed by atoms with van der Waals surface area (Å²) in [6.07, 6.45) is 0.891. The topological polar surface area (TPSA) is 75.3 Å². The maximum Gasteiger partial charge on any atom is 0.242 e. The summed E-state index contributed by atoms with van der Waals surface area (Å²) in [6, 6.07) is 18.3. The Balaban J connectivity index is 1.91. The molecule has 0 spiro atoms. The molecule has 1 amide bonds. The van der Waals surface area contributed by atoms with E-state index in [-0.39, 0.29) is 11.3 Å². The molecule has 3 aromatic rings. The monoisotopic (exact) mass is 440 g/mol. The molecule has 0 aliphatic carbocycles. The number of para-hydroxylation sites is 1. The smallest absolute Gasteiger partial charge is 0.242 e. The lowest BCUT2D eigenvalue weighted by atomic mass is 10.0. The summed E-state index contributed by atoms with van der Waals surface area (Å²) < 4.78 is 41.5. The highest BCUT2D eigenvalue weighted by molar-refractivity contribution is 7.89. The van der Waals surface area contributed by atoms with Gasteiger partial charge in [0.05, 0.1) is 4.90 Å². The molecule has 0 radical (unpaired) electrons. The Hall–Kier alpha value is -3.03. The van der Waals surface area contributed by atoms with Gasteiger partial charge in [-0.15, -0.1) is 0 Å². The number of halogens is 1. The lowest BCUT2D eigenvalue weighted by molar-refractivity contribution is -0.117. The molecule has 31 heavy (non-hydrogen) atoms. The normalized spacial score (nSPS) is 12.4. The molecule has 5 nitrogen and oxygen atoms in total. The Morgan fingerprint density at radius 2 is 1.65 bits per heavy atom. The van der Waals surface area contributed by atoms with Gasteiger partial charge in [-0.1, -0.05) is 55.5 Å². The molecule has 1 atom stereocenters. The van der Waals surface area contributed by atoms with Crippen molar-refractivity contribution in [3.63, 3.8) is 0 Å².